The van der Waals surface area contributed by atoms with Crippen LogP contribution in [0, 0.1) is 0 Å². The highest BCUT2D eigenvalue weighted by molar-refractivity contribution is 5.21. The number of nitrogens with two attached hydrogens (primary N) is 1. The lowest BCUT2D eigenvalue weighted by molar-refractivity contribution is 0.142. The lowest BCUT2D eigenvalue weighted by atomic mass is 10.1. The Balaban J connectivity index is -0.000000289. The van der Waals surface area contributed by atoms with E-state index in [1.165, 1.54) is 32.1 Å². The van der Waals surface area contributed by atoms with E-state index in [1.807, 2.05) is 20.8 Å². The smallest absolute Gasteiger partial charge is 0.117 e. The predicted molar refractivity (Wildman–Crippen MR) is 75.0 cm³/mol. The number of hydrogen-bond donors (Lipinski definition) is 1. The summed E-state index contributed by atoms with van der Waals surface area (Å²) >= 11 is 0. The molecule has 0 aromatic carbocycles. The molecule has 0 spiro atoms. The molecule has 0 unspecified atom stereocenters. The Morgan fingerprint density at radius 2 is 1.44 bits per heavy atom. The molecule has 3 nitrogen and oxygen atoms in total. The van der Waals surface area contributed by atoms with E-state index in [9.17, 15) is 0 Å². The standard InChI is InChI=1S/C9H19NO.C2H7N.C2H6/c1-3-4-5-6-7-8-9-11-10-2;1-2-3;1-2/h2-9H2,1H3;2-3H2,1H3;1-2H3. The normalized spacial score (nSPS) is 8.06. The molecular weight excluding hydrogens is 200 g/mol. The minimum atomic E-state index is 0.732. The van der Waals surface area contributed by atoms with E-state index in [2.05, 4.69) is 18.8 Å². The molecule has 0 radical (unpaired) electrons. The van der Waals surface area contributed by atoms with Gasteiger partial charge in [-0.25, -0.2) is 0 Å². The first kappa shape index (κ1) is 20.8. The van der Waals surface area contributed by atoms with Crippen LogP contribution in [0.4, 0.5) is 0 Å². The summed E-state index contributed by atoms with van der Waals surface area (Å²) in [6.45, 7) is 12.8. The maximum absolute atomic E-state index is 4.85. The van der Waals surface area contributed by atoms with Crippen molar-refractivity contribution in [3.8, 4) is 0 Å². The lowest BCUT2D eigenvalue weighted by Gasteiger charge is -1.98. The molecule has 0 aromatic rings. The summed E-state index contributed by atoms with van der Waals surface area (Å²) in [7, 11) is 0. The minimum absolute atomic E-state index is 0.732. The van der Waals surface area contributed by atoms with Crippen molar-refractivity contribution in [1.82, 2.24) is 0 Å². The molecular formula is C13H32N2O. The fourth-order valence-electron chi connectivity index (χ4n) is 1.01. The van der Waals surface area contributed by atoms with Crippen molar-refractivity contribution in [3.05, 3.63) is 0 Å². The molecule has 2 N–H and O–H groups in total. The van der Waals surface area contributed by atoms with Gasteiger partial charge in [-0.1, -0.05) is 53.4 Å². The summed E-state index contributed by atoms with van der Waals surface area (Å²) in [5.41, 5.74) is 4.85. The lowest BCUT2D eigenvalue weighted by Crippen LogP contribution is -1.87. The third-order valence-electron chi connectivity index (χ3n) is 1.68. The summed E-state index contributed by atoms with van der Waals surface area (Å²) in [6.07, 6.45) is 7.73. The molecule has 0 aliphatic heterocycles. The summed E-state index contributed by atoms with van der Waals surface area (Å²) in [4.78, 5) is 4.75. The van der Waals surface area contributed by atoms with Crippen LogP contribution in [0.5, 0.6) is 0 Å². The zero-order valence-corrected chi connectivity index (χ0v) is 11.8. The summed E-state index contributed by atoms with van der Waals surface area (Å²) in [5.74, 6) is 0. The monoisotopic (exact) mass is 232 g/mol. The van der Waals surface area contributed by atoms with Gasteiger partial charge >= 0.3 is 0 Å². The van der Waals surface area contributed by atoms with Gasteiger partial charge in [-0.05, 0) is 19.4 Å². The maximum Gasteiger partial charge on any atom is 0.117 e. The van der Waals surface area contributed by atoms with Gasteiger partial charge in [-0.2, -0.15) is 0 Å². The molecule has 0 aromatic heterocycles. The van der Waals surface area contributed by atoms with Gasteiger partial charge in [0, 0.05) is 6.72 Å². The van der Waals surface area contributed by atoms with Crippen LogP contribution in [0.25, 0.3) is 0 Å². The summed E-state index contributed by atoms with van der Waals surface area (Å²) in [6, 6.07) is 0. The van der Waals surface area contributed by atoms with E-state index in [4.69, 9.17) is 10.6 Å². The number of rotatable bonds is 8. The van der Waals surface area contributed by atoms with Crippen LogP contribution in [0.15, 0.2) is 5.16 Å². The average Bonchev–Trinajstić information content (AvgIpc) is 2.32. The minimum Gasteiger partial charge on any atom is -0.396 e. The first-order valence-electron chi connectivity index (χ1n) is 6.61. The quantitative estimate of drug-likeness (QED) is 0.391. The van der Waals surface area contributed by atoms with Crippen molar-refractivity contribution in [2.75, 3.05) is 13.2 Å². The fourth-order valence-corrected chi connectivity index (χ4v) is 1.01. The Bertz CT molecular complexity index is 97.9. The van der Waals surface area contributed by atoms with E-state index in [-0.39, 0.29) is 0 Å². The number of oxime groups is 1. The van der Waals surface area contributed by atoms with Gasteiger partial charge in [0.05, 0.1) is 0 Å². The van der Waals surface area contributed by atoms with Crippen LogP contribution < -0.4 is 5.73 Å². The average molecular weight is 232 g/mol. The molecule has 0 amide bonds. The van der Waals surface area contributed by atoms with Crippen LogP contribution in [-0.4, -0.2) is 19.9 Å². The van der Waals surface area contributed by atoms with E-state index < -0.39 is 0 Å². The second-order valence-corrected chi connectivity index (χ2v) is 3.14. The van der Waals surface area contributed by atoms with Gasteiger partial charge in [-0.15, -0.1) is 5.16 Å². The maximum atomic E-state index is 4.85. The molecule has 0 rings (SSSR count). The van der Waals surface area contributed by atoms with Crippen molar-refractivity contribution in [2.45, 2.75) is 66.2 Å². The van der Waals surface area contributed by atoms with E-state index in [1.54, 1.807) is 0 Å². The summed E-state index contributed by atoms with van der Waals surface area (Å²) < 4.78 is 0. The van der Waals surface area contributed by atoms with Gasteiger partial charge < -0.3 is 10.6 Å². The molecule has 0 aliphatic rings. The molecule has 0 saturated heterocycles. The zero-order valence-electron chi connectivity index (χ0n) is 11.8. The van der Waals surface area contributed by atoms with Crippen molar-refractivity contribution in [1.29, 1.82) is 0 Å². The molecule has 3 heteroatoms. The third kappa shape index (κ3) is 37.6. The first-order valence-corrected chi connectivity index (χ1v) is 6.61. The van der Waals surface area contributed by atoms with Crippen molar-refractivity contribution in [3.63, 3.8) is 0 Å². The molecule has 16 heavy (non-hydrogen) atoms. The van der Waals surface area contributed by atoms with Crippen molar-refractivity contribution < 1.29 is 4.84 Å². The van der Waals surface area contributed by atoms with Crippen LogP contribution in [0.3, 0.4) is 0 Å². The number of nitrogens with zero attached hydrogens (tertiary/aromatic N) is 1. The van der Waals surface area contributed by atoms with Gasteiger partial charge in [-0.3, -0.25) is 0 Å². The Morgan fingerprint density at radius 3 is 1.88 bits per heavy atom. The predicted octanol–water partition coefficient (Wildman–Crippen LogP) is 3.97. The Hall–Kier alpha value is -0.570. The molecule has 0 atom stereocenters. The molecule has 0 heterocycles. The summed E-state index contributed by atoms with van der Waals surface area (Å²) in [5, 5.41) is 3.32. The molecule has 0 aliphatic carbocycles. The SMILES string of the molecule is C=NOCCCCCCCC.CC.CCN. The second-order valence-electron chi connectivity index (χ2n) is 3.14. The highest BCUT2D eigenvalue weighted by atomic mass is 16.6. The zero-order chi connectivity index (χ0) is 13.1. The van der Waals surface area contributed by atoms with Crippen molar-refractivity contribution >= 4 is 6.72 Å². The van der Waals surface area contributed by atoms with E-state index >= 15 is 0 Å². The largest absolute Gasteiger partial charge is 0.396 e. The molecule has 0 bridgehead atoms. The highest BCUT2D eigenvalue weighted by Gasteiger charge is 1.88. The molecule has 0 fully saturated rings. The number of hydrogen-bond acceptors (Lipinski definition) is 3. The third-order valence-corrected chi connectivity index (χ3v) is 1.68. The Labute approximate surface area is 102 Å². The van der Waals surface area contributed by atoms with Crippen LogP contribution in [-0.2, 0) is 4.84 Å². The highest BCUT2D eigenvalue weighted by Crippen LogP contribution is 2.04. The molecule has 0 saturated carbocycles. The second kappa shape index (κ2) is 29.3. The topological polar surface area (TPSA) is 47.6 Å². The van der Waals surface area contributed by atoms with Crippen LogP contribution >= 0.6 is 0 Å². The Kier molecular flexibility index (Phi) is 38.0. The molecule has 100 valence electrons. The fraction of sp³-hybridized carbons (Fsp3) is 0.923. The van der Waals surface area contributed by atoms with Gasteiger partial charge in [0.25, 0.3) is 0 Å². The van der Waals surface area contributed by atoms with E-state index in [0.29, 0.717) is 0 Å². The van der Waals surface area contributed by atoms with Gasteiger partial charge in [0.15, 0.2) is 0 Å². The van der Waals surface area contributed by atoms with Crippen LogP contribution in [0.2, 0.25) is 0 Å². The Morgan fingerprint density at radius 1 is 1.00 bits per heavy atom. The van der Waals surface area contributed by atoms with Crippen LogP contribution in [0.1, 0.15) is 66.2 Å². The van der Waals surface area contributed by atoms with Gasteiger partial charge in [0.1, 0.15) is 6.61 Å². The number of unbranched alkanes of at least 4 members (excludes halogenated alkanes) is 5. The van der Waals surface area contributed by atoms with Crippen molar-refractivity contribution in [2.24, 2.45) is 10.9 Å². The van der Waals surface area contributed by atoms with E-state index in [0.717, 1.165) is 19.6 Å². The first-order chi connectivity index (χ1) is 7.83. The van der Waals surface area contributed by atoms with Gasteiger partial charge in [0.2, 0.25) is 0 Å².